The fourth-order valence-electron chi connectivity index (χ4n) is 1.87. The van der Waals surface area contributed by atoms with Crippen LogP contribution in [-0.2, 0) is 16.2 Å². The van der Waals surface area contributed by atoms with Gasteiger partial charge >= 0.3 is 5.97 Å². The van der Waals surface area contributed by atoms with E-state index in [1.54, 1.807) is 17.1 Å². The molecule has 2 heterocycles. The second kappa shape index (κ2) is 7.54. The Kier molecular flexibility index (Phi) is 5.68. The quantitative estimate of drug-likeness (QED) is 0.427. The van der Waals surface area contributed by atoms with Crippen LogP contribution in [0.3, 0.4) is 0 Å². The maximum Gasteiger partial charge on any atom is 0.362 e. The van der Waals surface area contributed by atoms with E-state index in [-0.39, 0.29) is 5.69 Å². The number of nitrogens with zero attached hydrogens (tertiary/aromatic N) is 4. The predicted molar refractivity (Wildman–Crippen MR) is 91.1 cm³/mol. The first-order valence-corrected chi connectivity index (χ1v) is 11.3. The molecule has 0 fully saturated rings. The van der Waals surface area contributed by atoms with Gasteiger partial charge in [-0.3, -0.25) is 4.79 Å². The Morgan fingerprint density at radius 2 is 2.08 bits per heavy atom. The number of carbonyl (C=O) groups excluding carboxylic acids is 1. The van der Waals surface area contributed by atoms with Crippen LogP contribution >= 0.6 is 0 Å². The third kappa shape index (κ3) is 4.87. The Morgan fingerprint density at radius 3 is 2.75 bits per heavy atom. The highest BCUT2D eigenvalue weighted by Crippen LogP contribution is 2.08. The van der Waals surface area contributed by atoms with Crippen molar-refractivity contribution in [3.05, 3.63) is 40.6 Å². The molecule has 0 aliphatic heterocycles. The molecule has 9 heteroatoms. The van der Waals surface area contributed by atoms with Gasteiger partial charge < -0.3 is 9.47 Å². The monoisotopic (exact) mass is 350 g/mol. The fraction of sp³-hybridized carbons (Fsp3) is 0.467. The number of aromatic nitrogens is 4. The molecule has 0 spiro atoms. The Morgan fingerprint density at radius 1 is 1.33 bits per heavy atom. The molecule has 0 N–H and O–H groups in total. The van der Waals surface area contributed by atoms with Crippen LogP contribution in [0.2, 0.25) is 25.7 Å². The third-order valence-corrected chi connectivity index (χ3v) is 5.00. The van der Waals surface area contributed by atoms with Crippen LogP contribution in [0.15, 0.2) is 29.5 Å². The number of rotatable bonds is 7. The molecule has 0 saturated carbocycles. The van der Waals surface area contributed by atoms with Crippen LogP contribution in [0.4, 0.5) is 0 Å². The maximum atomic E-state index is 11.6. The third-order valence-electron chi connectivity index (χ3n) is 3.29. The lowest BCUT2D eigenvalue weighted by atomic mass is 10.4. The number of hydrogen-bond donors (Lipinski definition) is 0. The topological polar surface area (TPSA) is 88.2 Å². The van der Waals surface area contributed by atoms with Crippen molar-refractivity contribution in [2.24, 2.45) is 0 Å². The molecule has 0 unspecified atom stereocenters. The summed E-state index contributed by atoms with van der Waals surface area (Å²) in [4.78, 5) is 23.2. The minimum Gasteiger partial charge on any atom is -0.464 e. The van der Waals surface area contributed by atoms with Gasteiger partial charge in [-0.1, -0.05) is 19.6 Å². The van der Waals surface area contributed by atoms with Gasteiger partial charge in [0.05, 0.1) is 19.5 Å². The van der Waals surface area contributed by atoms with Crippen molar-refractivity contribution in [3.63, 3.8) is 0 Å². The van der Waals surface area contributed by atoms with Crippen LogP contribution in [0.5, 0.6) is 0 Å². The first kappa shape index (κ1) is 18.1. The summed E-state index contributed by atoms with van der Waals surface area (Å²) in [7, 11) is 0.0938. The Balaban J connectivity index is 2.05. The largest absolute Gasteiger partial charge is 0.464 e. The second-order valence-corrected chi connectivity index (χ2v) is 12.2. The maximum absolute atomic E-state index is 11.6. The van der Waals surface area contributed by atoms with E-state index in [9.17, 15) is 9.59 Å². The highest BCUT2D eigenvalue weighted by molar-refractivity contribution is 6.76. The number of methoxy groups -OCH3 is 1. The molecule has 0 aromatic carbocycles. The molecule has 2 rings (SSSR count). The van der Waals surface area contributed by atoms with Crippen molar-refractivity contribution in [1.29, 1.82) is 0 Å². The zero-order chi connectivity index (χ0) is 17.7. The van der Waals surface area contributed by atoms with Crippen LogP contribution in [0.25, 0.3) is 5.69 Å². The second-order valence-electron chi connectivity index (χ2n) is 6.55. The molecule has 0 bridgehead atoms. The van der Waals surface area contributed by atoms with Crippen LogP contribution in [0.1, 0.15) is 10.5 Å². The molecule has 0 amide bonds. The van der Waals surface area contributed by atoms with Crippen molar-refractivity contribution in [2.75, 3.05) is 13.7 Å². The van der Waals surface area contributed by atoms with E-state index in [4.69, 9.17) is 4.74 Å². The molecule has 2 aromatic heterocycles. The Labute approximate surface area is 141 Å². The summed E-state index contributed by atoms with van der Waals surface area (Å²) in [5.74, 6) is -0.767. The van der Waals surface area contributed by atoms with Gasteiger partial charge in [0.1, 0.15) is 12.4 Å². The molecule has 0 aliphatic carbocycles. The van der Waals surface area contributed by atoms with Gasteiger partial charge in [-0.15, -0.1) is 0 Å². The van der Waals surface area contributed by atoms with Crippen LogP contribution in [0, 0.1) is 0 Å². The van der Waals surface area contributed by atoms with Crippen LogP contribution in [-0.4, -0.2) is 47.3 Å². The van der Waals surface area contributed by atoms with E-state index in [0.29, 0.717) is 19.0 Å². The summed E-state index contributed by atoms with van der Waals surface area (Å²) in [5, 5.41) is 8.19. The smallest absolute Gasteiger partial charge is 0.362 e. The van der Waals surface area contributed by atoms with Gasteiger partial charge in [0.15, 0.2) is 0 Å². The van der Waals surface area contributed by atoms with E-state index >= 15 is 0 Å². The molecular weight excluding hydrogens is 328 g/mol. The fourth-order valence-corrected chi connectivity index (χ4v) is 2.62. The van der Waals surface area contributed by atoms with E-state index in [1.165, 1.54) is 24.1 Å². The summed E-state index contributed by atoms with van der Waals surface area (Å²) < 4.78 is 13.2. The number of hydrogen-bond acceptors (Lipinski definition) is 6. The van der Waals surface area contributed by atoms with Gasteiger partial charge in [0, 0.05) is 26.9 Å². The van der Waals surface area contributed by atoms with Gasteiger partial charge in [-0.05, 0) is 6.04 Å². The first-order valence-electron chi connectivity index (χ1n) is 7.59. The van der Waals surface area contributed by atoms with Gasteiger partial charge in [-0.25, -0.2) is 14.2 Å². The van der Waals surface area contributed by atoms with Gasteiger partial charge in [0.2, 0.25) is 11.1 Å². The van der Waals surface area contributed by atoms with Crippen molar-refractivity contribution < 1.29 is 14.3 Å². The highest BCUT2D eigenvalue weighted by Gasteiger charge is 2.14. The molecule has 24 heavy (non-hydrogen) atoms. The Hall–Kier alpha value is -2.26. The van der Waals surface area contributed by atoms with Crippen molar-refractivity contribution in [2.45, 2.75) is 32.4 Å². The van der Waals surface area contributed by atoms with Crippen molar-refractivity contribution in [1.82, 2.24) is 19.6 Å². The lowest BCUT2D eigenvalue weighted by Gasteiger charge is -2.15. The van der Waals surface area contributed by atoms with Gasteiger partial charge in [0.25, 0.3) is 0 Å². The van der Waals surface area contributed by atoms with E-state index in [1.807, 2.05) is 0 Å². The lowest BCUT2D eigenvalue weighted by molar-refractivity contribution is 0.0590. The molecular formula is C15H22N4O4Si. The molecule has 8 nitrogen and oxygen atoms in total. The highest BCUT2D eigenvalue weighted by atomic mass is 28.3. The predicted octanol–water partition coefficient (Wildman–Crippen LogP) is 1.53. The number of esters is 1. The standard InChI is InChI=1S/C15H22N4O4Si/c1-22-15(21)14-13(20)5-6-19(17-14)12-9-16-18(10-12)11-23-7-8-24(2,3)4/h5-6,9-10H,7-8,11H2,1-4H3. The van der Waals surface area contributed by atoms with E-state index in [2.05, 4.69) is 34.6 Å². The molecule has 0 radical (unpaired) electrons. The number of carbonyl (C=O) groups is 1. The molecule has 0 atom stereocenters. The summed E-state index contributed by atoms with van der Waals surface area (Å²) in [6.45, 7) is 7.93. The average Bonchev–Trinajstić information content (AvgIpc) is 2.99. The van der Waals surface area contributed by atoms with Crippen molar-refractivity contribution >= 4 is 14.0 Å². The van der Waals surface area contributed by atoms with Gasteiger partial charge in [-0.2, -0.15) is 10.2 Å². The summed E-state index contributed by atoms with van der Waals surface area (Å²) in [6, 6.07) is 2.35. The first-order chi connectivity index (χ1) is 11.3. The summed E-state index contributed by atoms with van der Waals surface area (Å²) in [5.41, 5.74) is -0.131. The summed E-state index contributed by atoms with van der Waals surface area (Å²) >= 11 is 0. The normalized spacial score (nSPS) is 11.5. The van der Waals surface area contributed by atoms with E-state index in [0.717, 1.165) is 6.04 Å². The summed E-state index contributed by atoms with van der Waals surface area (Å²) in [6.07, 6.45) is 4.79. The SMILES string of the molecule is COC(=O)c1nn(-c2cnn(COCC[Si](C)(C)C)c2)ccc1=O. The molecule has 2 aromatic rings. The molecule has 0 aliphatic rings. The minimum atomic E-state index is -1.11. The van der Waals surface area contributed by atoms with E-state index < -0.39 is 19.5 Å². The average molecular weight is 350 g/mol. The lowest BCUT2D eigenvalue weighted by Crippen LogP contribution is -2.22. The zero-order valence-electron chi connectivity index (χ0n) is 14.4. The van der Waals surface area contributed by atoms with Crippen LogP contribution < -0.4 is 5.43 Å². The molecule has 0 saturated heterocycles. The van der Waals surface area contributed by atoms with Crippen molar-refractivity contribution in [3.8, 4) is 5.69 Å². The molecule has 130 valence electrons. The number of ether oxygens (including phenoxy) is 2. The zero-order valence-corrected chi connectivity index (χ0v) is 15.4. The Bertz CT molecular complexity index is 763. The minimum absolute atomic E-state index is 0.265.